The van der Waals surface area contributed by atoms with Gasteiger partial charge in [-0.1, -0.05) is 12.8 Å². The van der Waals surface area contributed by atoms with Crippen molar-refractivity contribution in [2.45, 2.75) is 38.5 Å². The number of carbonyl (C=O) groups excluding carboxylic acids is 1. The highest BCUT2D eigenvalue weighted by Crippen LogP contribution is 2.29. The fourth-order valence-electron chi connectivity index (χ4n) is 3.32. The Hall–Kier alpha value is -0.570. The first-order valence-corrected chi connectivity index (χ1v) is 7.07. The largest absolute Gasteiger partial charge is 0.342 e. The molecule has 1 aliphatic carbocycles. The lowest BCUT2D eigenvalue weighted by molar-refractivity contribution is -0.131. The second-order valence-corrected chi connectivity index (χ2v) is 6.11. The molecule has 1 saturated carbocycles. The summed E-state index contributed by atoms with van der Waals surface area (Å²) in [6.07, 6.45) is 7.23. The molecule has 17 heavy (non-hydrogen) atoms. The topological polar surface area (TPSA) is 23.6 Å². The van der Waals surface area contributed by atoms with Crippen molar-refractivity contribution in [1.29, 1.82) is 0 Å². The second-order valence-electron chi connectivity index (χ2n) is 6.11. The maximum absolute atomic E-state index is 12.1. The van der Waals surface area contributed by atoms with E-state index in [1.54, 1.807) is 0 Å². The summed E-state index contributed by atoms with van der Waals surface area (Å²) in [7, 11) is 4.23. The van der Waals surface area contributed by atoms with Gasteiger partial charge in [0, 0.05) is 26.1 Å². The average Bonchev–Trinajstić information content (AvgIpc) is 2.87. The maximum atomic E-state index is 12.1. The van der Waals surface area contributed by atoms with Gasteiger partial charge in [-0.05, 0) is 45.2 Å². The number of hydrogen-bond acceptors (Lipinski definition) is 2. The van der Waals surface area contributed by atoms with E-state index in [0.717, 1.165) is 26.1 Å². The summed E-state index contributed by atoms with van der Waals surface area (Å²) in [6.45, 7) is 3.10. The molecule has 0 radical (unpaired) electrons. The van der Waals surface area contributed by atoms with Gasteiger partial charge >= 0.3 is 0 Å². The predicted molar refractivity (Wildman–Crippen MR) is 69.8 cm³/mol. The Morgan fingerprint density at radius 2 is 1.88 bits per heavy atom. The van der Waals surface area contributed by atoms with Crippen LogP contribution in [0.4, 0.5) is 0 Å². The van der Waals surface area contributed by atoms with Crippen LogP contribution in [0.2, 0.25) is 0 Å². The van der Waals surface area contributed by atoms with E-state index in [4.69, 9.17) is 0 Å². The van der Waals surface area contributed by atoms with Crippen molar-refractivity contribution in [3.05, 3.63) is 0 Å². The van der Waals surface area contributed by atoms with E-state index in [2.05, 4.69) is 23.9 Å². The summed E-state index contributed by atoms with van der Waals surface area (Å²) in [5, 5.41) is 0. The van der Waals surface area contributed by atoms with Gasteiger partial charge in [-0.15, -0.1) is 0 Å². The fraction of sp³-hybridized carbons (Fsp3) is 0.929. The van der Waals surface area contributed by atoms with Crippen LogP contribution < -0.4 is 0 Å². The number of rotatable bonds is 4. The Bertz CT molecular complexity index is 259. The van der Waals surface area contributed by atoms with Gasteiger partial charge in [-0.3, -0.25) is 4.79 Å². The molecule has 2 aliphatic rings. The Kier molecular flexibility index (Phi) is 4.43. The van der Waals surface area contributed by atoms with Crippen LogP contribution in [-0.2, 0) is 4.79 Å². The second kappa shape index (κ2) is 5.85. The highest BCUT2D eigenvalue weighted by atomic mass is 16.2. The van der Waals surface area contributed by atoms with E-state index < -0.39 is 0 Å². The summed E-state index contributed by atoms with van der Waals surface area (Å²) in [6, 6.07) is 0. The molecule has 1 aliphatic heterocycles. The third kappa shape index (κ3) is 3.70. The number of hydrogen-bond donors (Lipinski definition) is 0. The van der Waals surface area contributed by atoms with Crippen molar-refractivity contribution in [1.82, 2.24) is 9.80 Å². The molecule has 0 aromatic heterocycles. The van der Waals surface area contributed by atoms with Crippen molar-refractivity contribution in [2.24, 2.45) is 11.8 Å². The zero-order valence-electron chi connectivity index (χ0n) is 11.3. The van der Waals surface area contributed by atoms with E-state index in [-0.39, 0.29) is 0 Å². The summed E-state index contributed by atoms with van der Waals surface area (Å²) < 4.78 is 0. The number of nitrogens with zero attached hydrogens (tertiary/aromatic N) is 2. The van der Waals surface area contributed by atoms with Crippen LogP contribution in [0.5, 0.6) is 0 Å². The van der Waals surface area contributed by atoms with Crippen LogP contribution in [0.15, 0.2) is 0 Å². The monoisotopic (exact) mass is 238 g/mol. The van der Waals surface area contributed by atoms with Crippen molar-refractivity contribution in [2.75, 3.05) is 33.7 Å². The van der Waals surface area contributed by atoms with Crippen LogP contribution in [0.1, 0.15) is 38.5 Å². The molecule has 0 aromatic rings. The van der Waals surface area contributed by atoms with E-state index >= 15 is 0 Å². The molecule has 1 heterocycles. The minimum atomic E-state index is 0.415. The Morgan fingerprint density at radius 3 is 2.53 bits per heavy atom. The molecule has 2 fully saturated rings. The van der Waals surface area contributed by atoms with Gasteiger partial charge in [-0.2, -0.15) is 0 Å². The van der Waals surface area contributed by atoms with Crippen LogP contribution in [0.25, 0.3) is 0 Å². The van der Waals surface area contributed by atoms with Crippen LogP contribution in [-0.4, -0.2) is 49.4 Å². The van der Waals surface area contributed by atoms with Gasteiger partial charge in [0.2, 0.25) is 5.91 Å². The smallest absolute Gasteiger partial charge is 0.222 e. The minimum Gasteiger partial charge on any atom is -0.342 e. The molecule has 0 N–H and O–H groups in total. The minimum absolute atomic E-state index is 0.415. The standard InChI is InChI=1S/C14H26N2O/c1-15(2)10-13-7-8-16(11-13)14(17)9-12-5-3-4-6-12/h12-13H,3-11H2,1-2H3/t13-/m1/s1. The SMILES string of the molecule is CN(C)C[C@H]1CCN(C(=O)CC2CCCC2)C1. The molecular formula is C14H26N2O. The van der Waals surface area contributed by atoms with Crippen molar-refractivity contribution >= 4 is 5.91 Å². The van der Waals surface area contributed by atoms with Gasteiger partial charge < -0.3 is 9.80 Å². The first-order chi connectivity index (χ1) is 8.15. The first-order valence-electron chi connectivity index (χ1n) is 7.07. The normalized spacial score (nSPS) is 26.1. The number of carbonyl (C=O) groups is 1. The molecule has 1 saturated heterocycles. The lowest BCUT2D eigenvalue weighted by Gasteiger charge is -2.20. The fourth-order valence-corrected chi connectivity index (χ4v) is 3.32. The zero-order chi connectivity index (χ0) is 12.3. The van der Waals surface area contributed by atoms with Gasteiger partial charge in [0.05, 0.1) is 0 Å². The highest BCUT2D eigenvalue weighted by molar-refractivity contribution is 5.76. The van der Waals surface area contributed by atoms with Gasteiger partial charge in [0.1, 0.15) is 0 Å². The Morgan fingerprint density at radius 1 is 1.18 bits per heavy atom. The van der Waals surface area contributed by atoms with Crippen molar-refractivity contribution in [3.63, 3.8) is 0 Å². The molecule has 0 unspecified atom stereocenters. The zero-order valence-corrected chi connectivity index (χ0v) is 11.3. The Balaban J connectivity index is 1.73. The quantitative estimate of drug-likeness (QED) is 0.747. The van der Waals surface area contributed by atoms with Crippen molar-refractivity contribution < 1.29 is 4.79 Å². The molecule has 1 atom stereocenters. The van der Waals surface area contributed by atoms with Crippen LogP contribution in [0.3, 0.4) is 0 Å². The molecule has 3 heteroatoms. The molecule has 0 spiro atoms. The first kappa shape index (κ1) is 12.9. The summed E-state index contributed by atoms with van der Waals surface area (Å²) in [5.41, 5.74) is 0. The van der Waals surface area contributed by atoms with Gasteiger partial charge in [0.25, 0.3) is 0 Å². The molecule has 0 bridgehead atoms. The highest BCUT2D eigenvalue weighted by Gasteiger charge is 2.28. The summed E-state index contributed by atoms with van der Waals surface area (Å²) >= 11 is 0. The predicted octanol–water partition coefficient (Wildman–Crippen LogP) is 1.98. The maximum Gasteiger partial charge on any atom is 0.222 e. The number of amides is 1. The average molecular weight is 238 g/mol. The molecule has 98 valence electrons. The van der Waals surface area contributed by atoms with E-state index in [1.165, 1.54) is 32.1 Å². The van der Waals surface area contributed by atoms with Gasteiger partial charge in [0.15, 0.2) is 0 Å². The van der Waals surface area contributed by atoms with Crippen LogP contribution >= 0.6 is 0 Å². The third-order valence-corrected chi connectivity index (χ3v) is 4.20. The summed E-state index contributed by atoms with van der Waals surface area (Å²) in [5.74, 6) is 1.80. The molecular weight excluding hydrogens is 212 g/mol. The molecule has 3 nitrogen and oxygen atoms in total. The molecule has 0 aromatic carbocycles. The lowest BCUT2D eigenvalue weighted by Crippen LogP contribution is -2.31. The van der Waals surface area contributed by atoms with Crippen LogP contribution in [0, 0.1) is 11.8 Å². The van der Waals surface area contributed by atoms with E-state index in [0.29, 0.717) is 17.7 Å². The van der Waals surface area contributed by atoms with Gasteiger partial charge in [-0.25, -0.2) is 0 Å². The van der Waals surface area contributed by atoms with Crippen molar-refractivity contribution in [3.8, 4) is 0 Å². The van der Waals surface area contributed by atoms with E-state index in [9.17, 15) is 4.79 Å². The van der Waals surface area contributed by atoms with E-state index in [1.807, 2.05) is 0 Å². The molecule has 2 rings (SSSR count). The third-order valence-electron chi connectivity index (χ3n) is 4.20. The lowest BCUT2D eigenvalue weighted by atomic mass is 10.0. The summed E-state index contributed by atoms with van der Waals surface area (Å²) in [4.78, 5) is 16.5. The molecule has 1 amide bonds. The Labute approximate surface area is 105 Å². The number of likely N-dealkylation sites (tertiary alicyclic amines) is 1.